The Morgan fingerprint density at radius 1 is 0.226 bits per heavy atom. The van der Waals surface area contributed by atoms with Crippen LogP contribution in [0.3, 0.4) is 0 Å². The van der Waals surface area contributed by atoms with E-state index < -0.39 is 0 Å². The van der Waals surface area contributed by atoms with Crippen molar-refractivity contribution in [1.29, 1.82) is 0 Å². The highest BCUT2D eigenvalue weighted by molar-refractivity contribution is 4.71. The van der Waals surface area contributed by atoms with E-state index in [0.717, 1.165) is 229 Å². The lowest BCUT2D eigenvalue weighted by Crippen LogP contribution is -2.46. The second-order valence-corrected chi connectivity index (χ2v) is 16.1. The van der Waals surface area contributed by atoms with Crippen LogP contribution >= 0.6 is 0 Å². The molecule has 374 valence electrons. The van der Waals surface area contributed by atoms with Crippen molar-refractivity contribution in [2.45, 2.75) is 27.2 Å². The van der Waals surface area contributed by atoms with E-state index in [2.05, 4.69) is 98.4 Å². The van der Waals surface area contributed by atoms with Crippen molar-refractivity contribution in [3.8, 4) is 0 Å². The Hall–Kier alpha value is -0.760. The third-order valence-corrected chi connectivity index (χ3v) is 10.8. The zero-order valence-electron chi connectivity index (χ0n) is 40.8. The van der Waals surface area contributed by atoms with E-state index in [1.807, 2.05) is 0 Å². The van der Waals surface area contributed by atoms with Gasteiger partial charge in [-0.2, -0.15) is 0 Å². The molecule has 0 spiro atoms. The molecule has 0 rings (SSSR count). The van der Waals surface area contributed by atoms with Crippen LogP contribution in [0.15, 0.2) is 0 Å². The van der Waals surface area contributed by atoms with Crippen LogP contribution in [-0.4, -0.2) is 280 Å². The zero-order chi connectivity index (χ0) is 45.2. The molecule has 62 heavy (non-hydrogen) atoms. The van der Waals surface area contributed by atoms with Crippen molar-refractivity contribution < 1.29 is 0 Å². The summed E-state index contributed by atoms with van der Waals surface area (Å²) in [4.78, 5) is 12.9. The number of likely N-dealkylation sites (N-methyl/N-ethyl adjacent to an activating group) is 2. The fraction of sp³-hybridized carbons (Fsp3) is 1.00. The molecular formula is C43H107N19. The predicted octanol–water partition coefficient (Wildman–Crippen LogP) is -5.32. The highest BCUT2D eigenvalue weighted by Crippen LogP contribution is 1.94. The van der Waals surface area contributed by atoms with Crippen LogP contribution in [0.2, 0.25) is 0 Å². The predicted molar refractivity (Wildman–Crippen MR) is 269 cm³/mol. The molecule has 0 aliphatic rings. The topological polar surface area (TPSA) is 241 Å². The molecule has 0 bridgehead atoms. The van der Waals surface area contributed by atoms with Crippen molar-refractivity contribution >= 4 is 0 Å². The SMILES string of the molecule is CCCNCCN(CCNCC)CCNCCN(CCNCCN)CCNCCN(CCNCCN)CCNCCN(CCNCCN)CCN(CCNCC)CCNCCN. The van der Waals surface area contributed by atoms with Crippen molar-refractivity contribution in [3.05, 3.63) is 0 Å². The molecule has 0 aromatic rings. The monoisotopic (exact) mass is 890 g/mol. The smallest absolute Gasteiger partial charge is 0.0110 e. The fourth-order valence-corrected chi connectivity index (χ4v) is 6.98. The van der Waals surface area contributed by atoms with Crippen LogP contribution in [-0.2, 0) is 0 Å². The van der Waals surface area contributed by atoms with Gasteiger partial charge in [0.15, 0.2) is 0 Å². The van der Waals surface area contributed by atoms with Gasteiger partial charge in [-0.15, -0.1) is 0 Å². The standard InChI is InChI=1S/C43H107N19/c1-4-11-50-18-31-58(29-16-48-5-2)34-23-55-24-35-59(32-19-51-12-7-44)36-25-56-26-37-60(33-20-52-13-8-45)38-27-57-28-41-62(40-22-54-15-10-47)43-42-61(30-17-49-6-3)39-21-53-14-9-46/h48-57H,4-47H2,1-3H3. The van der Waals surface area contributed by atoms with Gasteiger partial charge in [-0.1, -0.05) is 20.8 Å². The van der Waals surface area contributed by atoms with E-state index in [9.17, 15) is 0 Å². The van der Waals surface area contributed by atoms with Gasteiger partial charge in [-0.3, -0.25) is 24.5 Å². The molecule has 0 unspecified atom stereocenters. The van der Waals surface area contributed by atoms with Gasteiger partial charge in [0.2, 0.25) is 0 Å². The summed E-state index contributed by atoms with van der Waals surface area (Å²) in [6, 6.07) is 0. The van der Waals surface area contributed by atoms with Gasteiger partial charge in [-0.25, -0.2) is 0 Å². The maximum absolute atomic E-state index is 5.77. The van der Waals surface area contributed by atoms with Crippen LogP contribution < -0.4 is 76.1 Å². The summed E-state index contributed by atoms with van der Waals surface area (Å²) in [7, 11) is 0. The van der Waals surface area contributed by atoms with Gasteiger partial charge in [0.05, 0.1) is 0 Å². The van der Waals surface area contributed by atoms with E-state index in [-0.39, 0.29) is 0 Å². The van der Waals surface area contributed by atoms with E-state index in [1.54, 1.807) is 0 Å². The normalized spacial score (nSPS) is 12.2. The highest BCUT2D eigenvalue weighted by Gasteiger charge is 2.11. The van der Waals surface area contributed by atoms with E-state index in [1.165, 1.54) is 6.42 Å². The fourth-order valence-electron chi connectivity index (χ4n) is 6.98. The number of hydrogen-bond donors (Lipinski definition) is 14. The summed E-state index contributed by atoms with van der Waals surface area (Å²) < 4.78 is 0. The molecule has 18 N–H and O–H groups in total. The summed E-state index contributed by atoms with van der Waals surface area (Å²) in [5, 5.41) is 35.7. The van der Waals surface area contributed by atoms with Gasteiger partial charge < -0.3 is 76.1 Å². The second kappa shape index (κ2) is 51.2. The molecule has 0 fully saturated rings. The summed E-state index contributed by atoms with van der Waals surface area (Å²) in [6.45, 7) is 44.3. The Morgan fingerprint density at radius 3 is 0.597 bits per heavy atom. The summed E-state index contributed by atoms with van der Waals surface area (Å²) >= 11 is 0. The van der Waals surface area contributed by atoms with Crippen LogP contribution in [0, 0.1) is 0 Å². The molecule has 19 nitrogen and oxygen atoms in total. The number of nitrogens with two attached hydrogens (primary N) is 4. The van der Waals surface area contributed by atoms with Gasteiger partial charge >= 0.3 is 0 Å². The molecule has 0 heterocycles. The number of rotatable bonds is 54. The Balaban J connectivity index is 4.93. The Bertz CT molecular complexity index is 838. The van der Waals surface area contributed by atoms with Crippen molar-refractivity contribution in [3.63, 3.8) is 0 Å². The number of nitrogens with one attached hydrogen (secondary N) is 10. The maximum atomic E-state index is 5.77. The maximum Gasteiger partial charge on any atom is 0.0110 e. The zero-order valence-corrected chi connectivity index (χ0v) is 40.8. The number of hydrogen-bond acceptors (Lipinski definition) is 19. The minimum absolute atomic E-state index is 0.666. The van der Waals surface area contributed by atoms with Crippen LogP contribution in [0.25, 0.3) is 0 Å². The van der Waals surface area contributed by atoms with Crippen molar-refractivity contribution in [2.75, 3.05) is 255 Å². The van der Waals surface area contributed by atoms with Crippen LogP contribution in [0.4, 0.5) is 0 Å². The van der Waals surface area contributed by atoms with Gasteiger partial charge in [0.1, 0.15) is 0 Å². The molecule has 0 saturated heterocycles. The van der Waals surface area contributed by atoms with E-state index in [4.69, 9.17) is 22.9 Å². The second-order valence-electron chi connectivity index (χ2n) is 16.1. The Morgan fingerprint density at radius 2 is 0.403 bits per heavy atom. The summed E-state index contributed by atoms with van der Waals surface area (Å²) in [6.07, 6.45) is 1.18. The Kier molecular flexibility index (Phi) is 50.6. The largest absolute Gasteiger partial charge is 0.329 e. The third kappa shape index (κ3) is 43.1. The van der Waals surface area contributed by atoms with Crippen molar-refractivity contribution in [2.24, 2.45) is 22.9 Å². The molecule has 0 amide bonds. The first kappa shape index (κ1) is 61.2. The molecule has 19 heteroatoms. The molecule has 0 aromatic heterocycles. The molecule has 0 saturated carbocycles. The molecule has 0 aromatic carbocycles. The molecule has 0 aliphatic carbocycles. The first-order chi connectivity index (χ1) is 30.6. The summed E-state index contributed by atoms with van der Waals surface area (Å²) in [5.74, 6) is 0. The van der Waals surface area contributed by atoms with Gasteiger partial charge in [0, 0.05) is 236 Å². The molecular weight excluding hydrogens is 783 g/mol. The lowest BCUT2D eigenvalue weighted by molar-refractivity contribution is 0.202. The average molecular weight is 890 g/mol. The average Bonchev–Trinajstić information content (AvgIpc) is 3.28. The quantitative estimate of drug-likeness (QED) is 0.0255. The van der Waals surface area contributed by atoms with Crippen molar-refractivity contribution in [1.82, 2.24) is 77.7 Å². The van der Waals surface area contributed by atoms with Gasteiger partial charge in [-0.05, 0) is 26.1 Å². The minimum atomic E-state index is 0.666. The molecule has 0 atom stereocenters. The number of nitrogens with zero attached hydrogens (tertiary/aromatic N) is 5. The highest BCUT2D eigenvalue weighted by atomic mass is 15.2. The summed E-state index contributed by atoms with van der Waals surface area (Å²) in [5.41, 5.74) is 23.0. The lowest BCUT2D eigenvalue weighted by atomic mass is 10.3. The Labute approximate surface area is 382 Å². The van der Waals surface area contributed by atoms with E-state index in [0.29, 0.717) is 26.2 Å². The minimum Gasteiger partial charge on any atom is -0.329 e. The molecule has 0 radical (unpaired) electrons. The lowest BCUT2D eigenvalue weighted by Gasteiger charge is -2.28. The van der Waals surface area contributed by atoms with Gasteiger partial charge in [0.25, 0.3) is 0 Å². The molecule has 0 aliphatic heterocycles. The third-order valence-electron chi connectivity index (χ3n) is 10.8. The van der Waals surface area contributed by atoms with Crippen LogP contribution in [0.5, 0.6) is 0 Å². The first-order valence-electron chi connectivity index (χ1n) is 25.1. The van der Waals surface area contributed by atoms with E-state index >= 15 is 0 Å². The first-order valence-corrected chi connectivity index (χ1v) is 25.1. The van der Waals surface area contributed by atoms with Crippen LogP contribution in [0.1, 0.15) is 27.2 Å².